The van der Waals surface area contributed by atoms with Crippen LogP contribution < -0.4 is 5.32 Å². The highest BCUT2D eigenvalue weighted by Gasteiger charge is 2.23. The molecule has 2 aliphatic heterocycles. The summed E-state index contributed by atoms with van der Waals surface area (Å²) in [5, 5.41) is 3.17. The third-order valence-corrected chi connectivity index (χ3v) is 5.66. The van der Waals surface area contributed by atoms with Crippen molar-refractivity contribution in [2.24, 2.45) is 0 Å². The average Bonchev–Trinajstić information content (AvgIpc) is 2.70. The van der Waals surface area contributed by atoms with Gasteiger partial charge in [0.15, 0.2) is 0 Å². The van der Waals surface area contributed by atoms with Gasteiger partial charge < -0.3 is 15.1 Å². The van der Waals surface area contributed by atoms with E-state index >= 15 is 0 Å². The number of rotatable bonds is 5. The number of amides is 2. The standard InChI is InChI=1S/C21H32N4O/c1-3-20(24-15-13-23(2)14-16-24)17-22-21(26)25-11-9-19(10-12-25)18-7-5-4-6-8-18/h4-9,20H,3,10-17H2,1-2H3,(H,22,26)/t20-/m0/s1. The Labute approximate surface area is 157 Å². The molecule has 1 atom stereocenters. The Morgan fingerprint density at radius 1 is 1.12 bits per heavy atom. The minimum Gasteiger partial charge on any atom is -0.336 e. The summed E-state index contributed by atoms with van der Waals surface area (Å²) in [6.07, 6.45) is 4.19. The van der Waals surface area contributed by atoms with Crippen LogP contribution in [0.1, 0.15) is 25.3 Å². The molecule has 3 rings (SSSR count). The molecule has 1 saturated heterocycles. The number of carbonyl (C=O) groups excluding carboxylic acids is 1. The summed E-state index contributed by atoms with van der Waals surface area (Å²) in [6, 6.07) is 11.0. The maximum Gasteiger partial charge on any atom is 0.317 e. The van der Waals surface area contributed by atoms with E-state index in [4.69, 9.17) is 0 Å². The topological polar surface area (TPSA) is 38.8 Å². The molecule has 5 nitrogen and oxygen atoms in total. The summed E-state index contributed by atoms with van der Waals surface area (Å²) >= 11 is 0. The molecule has 142 valence electrons. The fraction of sp³-hybridized carbons (Fsp3) is 0.571. The lowest BCUT2D eigenvalue weighted by molar-refractivity contribution is 0.107. The van der Waals surface area contributed by atoms with Gasteiger partial charge in [0.05, 0.1) is 0 Å². The summed E-state index contributed by atoms with van der Waals surface area (Å²) < 4.78 is 0. The molecule has 2 aliphatic rings. The molecule has 1 fully saturated rings. The van der Waals surface area contributed by atoms with Crippen molar-refractivity contribution in [3.05, 3.63) is 42.0 Å². The van der Waals surface area contributed by atoms with E-state index in [1.54, 1.807) is 0 Å². The number of carbonyl (C=O) groups is 1. The van der Waals surface area contributed by atoms with Gasteiger partial charge >= 0.3 is 6.03 Å². The summed E-state index contributed by atoms with van der Waals surface area (Å²) in [5.41, 5.74) is 2.62. The first kappa shape index (κ1) is 18.9. The van der Waals surface area contributed by atoms with Crippen LogP contribution in [0.5, 0.6) is 0 Å². The molecule has 2 amide bonds. The van der Waals surface area contributed by atoms with E-state index in [9.17, 15) is 4.79 Å². The van der Waals surface area contributed by atoms with E-state index < -0.39 is 0 Å². The zero-order chi connectivity index (χ0) is 18.4. The Balaban J connectivity index is 1.47. The van der Waals surface area contributed by atoms with Gasteiger partial charge in [-0.05, 0) is 31.0 Å². The van der Waals surface area contributed by atoms with Crippen molar-refractivity contribution in [2.45, 2.75) is 25.8 Å². The largest absolute Gasteiger partial charge is 0.336 e. The Hall–Kier alpha value is -1.85. The van der Waals surface area contributed by atoms with Crippen LogP contribution in [0.25, 0.3) is 5.57 Å². The normalized spacial score (nSPS) is 20.5. The van der Waals surface area contributed by atoms with Gasteiger partial charge in [-0.3, -0.25) is 4.90 Å². The van der Waals surface area contributed by atoms with E-state index in [1.807, 2.05) is 11.0 Å². The van der Waals surface area contributed by atoms with Gasteiger partial charge in [-0.25, -0.2) is 4.79 Å². The minimum atomic E-state index is 0.0703. The molecule has 2 heterocycles. The molecule has 1 aromatic rings. The second kappa shape index (κ2) is 9.19. The fourth-order valence-corrected chi connectivity index (χ4v) is 3.80. The third-order valence-electron chi connectivity index (χ3n) is 5.66. The lowest BCUT2D eigenvalue weighted by atomic mass is 10.00. The van der Waals surface area contributed by atoms with Crippen molar-refractivity contribution in [3.8, 4) is 0 Å². The van der Waals surface area contributed by atoms with E-state index in [2.05, 4.69) is 59.4 Å². The van der Waals surface area contributed by atoms with Gasteiger partial charge in [0.2, 0.25) is 0 Å². The highest BCUT2D eigenvalue weighted by Crippen LogP contribution is 2.21. The lowest BCUT2D eigenvalue weighted by Crippen LogP contribution is -2.53. The van der Waals surface area contributed by atoms with E-state index in [0.29, 0.717) is 12.6 Å². The number of piperazine rings is 1. The van der Waals surface area contributed by atoms with Crippen LogP contribution in [0.4, 0.5) is 4.79 Å². The Bertz CT molecular complexity index is 608. The number of benzene rings is 1. The highest BCUT2D eigenvalue weighted by atomic mass is 16.2. The number of nitrogens with zero attached hydrogens (tertiary/aromatic N) is 3. The molecule has 0 aliphatic carbocycles. The van der Waals surface area contributed by atoms with Crippen molar-refractivity contribution in [1.82, 2.24) is 20.0 Å². The van der Waals surface area contributed by atoms with Crippen LogP contribution in [0.3, 0.4) is 0 Å². The molecule has 0 unspecified atom stereocenters. The van der Waals surface area contributed by atoms with Crippen LogP contribution >= 0.6 is 0 Å². The van der Waals surface area contributed by atoms with Gasteiger partial charge in [0.1, 0.15) is 0 Å². The minimum absolute atomic E-state index is 0.0703. The van der Waals surface area contributed by atoms with Crippen LogP contribution in [-0.2, 0) is 0 Å². The van der Waals surface area contributed by atoms with Crippen molar-refractivity contribution >= 4 is 11.6 Å². The molecule has 1 aromatic carbocycles. The van der Waals surface area contributed by atoms with E-state index in [0.717, 1.165) is 52.1 Å². The molecular formula is C21H32N4O. The predicted molar refractivity (Wildman–Crippen MR) is 107 cm³/mol. The highest BCUT2D eigenvalue weighted by molar-refractivity contribution is 5.76. The second-order valence-electron chi connectivity index (χ2n) is 7.38. The summed E-state index contributed by atoms with van der Waals surface area (Å²) in [5.74, 6) is 0. The lowest BCUT2D eigenvalue weighted by Gasteiger charge is -2.38. The zero-order valence-corrected chi connectivity index (χ0v) is 16.2. The number of hydrogen-bond acceptors (Lipinski definition) is 3. The van der Waals surface area contributed by atoms with E-state index in [1.165, 1.54) is 11.1 Å². The Kier molecular flexibility index (Phi) is 6.69. The van der Waals surface area contributed by atoms with E-state index in [-0.39, 0.29) is 6.03 Å². The zero-order valence-electron chi connectivity index (χ0n) is 16.2. The molecule has 0 aromatic heterocycles. The molecule has 0 saturated carbocycles. The first-order valence-electron chi connectivity index (χ1n) is 9.87. The van der Waals surface area contributed by atoms with Crippen molar-refractivity contribution in [2.75, 3.05) is 52.9 Å². The van der Waals surface area contributed by atoms with Crippen LogP contribution in [-0.4, -0.2) is 79.6 Å². The van der Waals surface area contributed by atoms with Crippen molar-refractivity contribution in [3.63, 3.8) is 0 Å². The van der Waals surface area contributed by atoms with Crippen molar-refractivity contribution in [1.29, 1.82) is 0 Å². The van der Waals surface area contributed by atoms with Crippen LogP contribution in [0.15, 0.2) is 36.4 Å². The number of likely N-dealkylation sites (N-methyl/N-ethyl adjacent to an activating group) is 1. The van der Waals surface area contributed by atoms with Gasteiger partial charge in [-0.2, -0.15) is 0 Å². The predicted octanol–water partition coefficient (Wildman–Crippen LogP) is 2.51. The summed E-state index contributed by atoms with van der Waals surface area (Å²) in [7, 11) is 2.17. The van der Waals surface area contributed by atoms with Gasteiger partial charge in [-0.15, -0.1) is 0 Å². The summed E-state index contributed by atoms with van der Waals surface area (Å²) in [4.78, 5) is 19.4. The smallest absolute Gasteiger partial charge is 0.317 e. The van der Waals surface area contributed by atoms with Gasteiger partial charge in [0.25, 0.3) is 0 Å². The number of nitrogens with one attached hydrogen (secondary N) is 1. The average molecular weight is 357 g/mol. The number of urea groups is 1. The summed E-state index contributed by atoms with van der Waals surface area (Å²) in [6.45, 7) is 8.86. The maximum atomic E-state index is 12.6. The molecule has 1 N–H and O–H groups in total. The molecule has 0 radical (unpaired) electrons. The number of hydrogen-bond donors (Lipinski definition) is 1. The van der Waals surface area contributed by atoms with Gasteiger partial charge in [0, 0.05) is 51.9 Å². The molecule has 0 spiro atoms. The maximum absolute atomic E-state index is 12.6. The molecule has 26 heavy (non-hydrogen) atoms. The Morgan fingerprint density at radius 3 is 2.46 bits per heavy atom. The quantitative estimate of drug-likeness (QED) is 0.881. The second-order valence-corrected chi connectivity index (χ2v) is 7.38. The van der Waals surface area contributed by atoms with Gasteiger partial charge in [-0.1, -0.05) is 43.3 Å². The molecule has 0 bridgehead atoms. The van der Waals surface area contributed by atoms with Crippen molar-refractivity contribution < 1.29 is 4.79 Å². The SMILES string of the molecule is CC[C@@H](CNC(=O)N1CC=C(c2ccccc2)CC1)N1CCN(C)CC1. The van der Waals surface area contributed by atoms with Crippen LogP contribution in [0.2, 0.25) is 0 Å². The monoisotopic (exact) mass is 356 g/mol. The molecule has 5 heteroatoms. The Morgan fingerprint density at radius 2 is 1.85 bits per heavy atom. The fourth-order valence-electron chi connectivity index (χ4n) is 3.80. The van der Waals surface area contributed by atoms with Crippen LogP contribution in [0, 0.1) is 0 Å². The first-order chi connectivity index (χ1) is 12.7. The first-order valence-corrected chi connectivity index (χ1v) is 9.87. The third kappa shape index (κ3) is 4.86. The molecular weight excluding hydrogens is 324 g/mol.